The molecule has 1 unspecified atom stereocenters. The van der Waals surface area contributed by atoms with Crippen LogP contribution in [0, 0.1) is 0 Å². The van der Waals surface area contributed by atoms with Gasteiger partial charge in [0.1, 0.15) is 0 Å². The Hall–Kier alpha value is -1.42. The maximum absolute atomic E-state index is 11.6. The fourth-order valence-electron chi connectivity index (χ4n) is 1.65. The summed E-state index contributed by atoms with van der Waals surface area (Å²) in [6.45, 7) is 8.70. The standard InChI is InChI=1S/C14H23N3O/c1-11(12-5-8-15-9-6-12)16-10-7-13(18)17-14(2,3)4/h5-6,8-9,11,16H,7,10H2,1-4H3,(H,17,18). The lowest BCUT2D eigenvalue weighted by Crippen LogP contribution is -2.41. The topological polar surface area (TPSA) is 54.0 Å². The maximum atomic E-state index is 11.6. The van der Waals surface area contributed by atoms with Crippen LogP contribution in [0.4, 0.5) is 0 Å². The molecule has 0 aromatic carbocycles. The van der Waals surface area contributed by atoms with Crippen LogP contribution in [-0.2, 0) is 4.79 Å². The van der Waals surface area contributed by atoms with Gasteiger partial charge in [-0.2, -0.15) is 0 Å². The van der Waals surface area contributed by atoms with Crippen molar-refractivity contribution in [3.05, 3.63) is 30.1 Å². The summed E-state index contributed by atoms with van der Waals surface area (Å²) in [5.41, 5.74) is 1.02. The van der Waals surface area contributed by atoms with Crippen LogP contribution in [-0.4, -0.2) is 23.0 Å². The molecule has 0 saturated heterocycles. The Bertz CT molecular complexity index is 370. The minimum Gasteiger partial charge on any atom is -0.351 e. The highest BCUT2D eigenvalue weighted by atomic mass is 16.1. The molecule has 0 spiro atoms. The number of carbonyl (C=O) groups excluding carboxylic acids is 1. The maximum Gasteiger partial charge on any atom is 0.221 e. The minimum atomic E-state index is -0.159. The first-order valence-corrected chi connectivity index (χ1v) is 6.33. The van der Waals surface area contributed by atoms with Crippen molar-refractivity contribution in [1.29, 1.82) is 0 Å². The summed E-state index contributed by atoms with van der Waals surface area (Å²) in [7, 11) is 0. The Kier molecular flexibility index (Phi) is 5.28. The molecule has 18 heavy (non-hydrogen) atoms. The van der Waals surface area contributed by atoms with Gasteiger partial charge in [0.2, 0.25) is 5.91 Å². The SMILES string of the molecule is CC(NCCC(=O)NC(C)(C)C)c1ccncc1. The molecule has 0 aliphatic carbocycles. The molecule has 1 rings (SSSR count). The van der Waals surface area contributed by atoms with Crippen molar-refractivity contribution in [3.63, 3.8) is 0 Å². The molecule has 0 aliphatic rings. The van der Waals surface area contributed by atoms with Gasteiger partial charge in [-0.3, -0.25) is 9.78 Å². The predicted molar refractivity (Wildman–Crippen MR) is 73.2 cm³/mol. The van der Waals surface area contributed by atoms with Gasteiger partial charge in [-0.15, -0.1) is 0 Å². The van der Waals surface area contributed by atoms with Crippen molar-refractivity contribution in [2.45, 2.75) is 45.7 Å². The van der Waals surface area contributed by atoms with E-state index in [0.29, 0.717) is 13.0 Å². The van der Waals surface area contributed by atoms with Crippen molar-refractivity contribution < 1.29 is 4.79 Å². The third kappa shape index (κ3) is 5.77. The summed E-state index contributed by atoms with van der Waals surface area (Å²) in [5.74, 6) is 0.0805. The number of carbonyl (C=O) groups is 1. The van der Waals surface area contributed by atoms with Crippen molar-refractivity contribution >= 4 is 5.91 Å². The Morgan fingerprint density at radius 1 is 1.33 bits per heavy atom. The lowest BCUT2D eigenvalue weighted by Gasteiger charge is -2.21. The largest absolute Gasteiger partial charge is 0.351 e. The Morgan fingerprint density at radius 3 is 2.50 bits per heavy atom. The fraction of sp³-hybridized carbons (Fsp3) is 0.571. The number of rotatable bonds is 5. The third-order valence-electron chi connectivity index (χ3n) is 2.52. The number of aromatic nitrogens is 1. The first-order chi connectivity index (χ1) is 8.38. The molecule has 100 valence electrons. The van der Waals surface area contributed by atoms with Crippen molar-refractivity contribution in [2.24, 2.45) is 0 Å². The second-order valence-corrected chi connectivity index (χ2v) is 5.50. The molecular formula is C14H23N3O. The van der Waals surface area contributed by atoms with E-state index in [1.165, 1.54) is 5.56 Å². The number of nitrogens with zero attached hydrogens (tertiary/aromatic N) is 1. The van der Waals surface area contributed by atoms with Crippen LogP contribution in [0.2, 0.25) is 0 Å². The fourth-order valence-corrected chi connectivity index (χ4v) is 1.65. The summed E-state index contributed by atoms with van der Waals surface area (Å²) < 4.78 is 0. The van der Waals surface area contributed by atoms with Gasteiger partial charge < -0.3 is 10.6 Å². The minimum absolute atomic E-state index is 0.0805. The van der Waals surface area contributed by atoms with Crippen molar-refractivity contribution in [3.8, 4) is 0 Å². The molecule has 1 atom stereocenters. The molecule has 0 aliphatic heterocycles. The number of amides is 1. The highest BCUT2D eigenvalue weighted by molar-refractivity contribution is 5.76. The molecule has 0 saturated carbocycles. The quantitative estimate of drug-likeness (QED) is 0.839. The molecule has 4 heteroatoms. The van der Waals surface area contributed by atoms with E-state index in [-0.39, 0.29) is 17.5 Å². The van der Waals surface area contributed by atoms with Crippen LogP contribution in [0.1, 0.15) is 45.7 Å². The number of pyridine rings is 1. The summed E-state index contributed by atoms with van der Waals surface area (Å²) in [4.78, 5) is 15.6. The number of nitrogens with one attached hydrogen (secondary N) is 2. The highest BCUT2D eigenvalue weighted by Crippen LogP contribution is 2.09. The summed E-state index contributed by atoms with van der Waals surface area (Å²) in [5, 5.41) is 6.27. The smallest absolute Gasteiger partial charge is 0.221 e. The third-order valence-corrected chi connectivity index (χ3v) is 2.52. The molecule has 0 radical (unpaired) electrons. The van der Waals surface area contributed by atoms with Gasteiger partial charge in [-0.1, -0.05) is 0 Å². The van der Waals surface area contributed by atoms with Crippen molar-refractivity contribution in [2.75, 3.05) is 6.54 Å². The van der Waals surface area contributed by atoms with E-state index >= 15 is 0 Å². The highest BCUT2D eigenvalue weighted by Gasteiger charge is 2.13. The molecule has 1 aromatic heterocycles. The first kappa shape index (κ1) is 14.6. The van der Waals surface area contributed by atoms with Crippen LogP contribution in [0.15, 0.2) is 24.5 Å². The van der Waals surface area contributed by atoms with Gasteiger partial charge >= 0.3 is 0 Å². The first-order valence-electron chi connectivity index (χ1n) is 6.33. The zero-order valence-electron chi connectivity index (χ0n) is 11.7. The normalized spacial score (nSPS) is 13.1. The Balaban J connectivity index is 2.28. The zero-order valence-corrected chi connectivity index (χ0v) is 11.7. The summed E-state index contributed by atoms with van der Waals surface area (Å²) in [6.07, 6.45) is 4.05. The zero-order chi connectivity index (χ0) is 13.6. The predicted octanol–water partition coefficient (Wildman–Crippen LogP) is 2.04. The number of hydrogen-bond donors (Lipinski definition) is 2. The molecule has 1 amide bonds. The Morgan fingerprint density at radius 2 is 1.94 bits per heavy atom. The van der Waals surface area contributed by atoms with E-state index in [0.717, 1.165) is 0 Å². The van der Waals surface area contributed by atoms with Gasteiger partial charge in [-0.25, -0.2) is 0 Å². The van der Waals surface area contributed by atoms with Gasteiger partial charge in [0, 0.05) is 36.9 Å². The van der Waals surface area contributed by atoms with Crippen LogP contribution in [0.5, 0.6) is 0 Å². The van der Waals surface area contributed by atoms with Gasteiger partial charge in [0.05, 0.1) is 0 Å². The van der Waals surface area contributed by atoms with E-state index in [1.807, 2.05) is 32.9 Å². The second-order valence-electron chi connectivity index (χ2n) is 5.50. The lowest BCUT2D eigenvalue weighted by molar-refractivity contribution is -0.122. The molecule has 0 bridgehead atoms. The summed E-state index contributed by atoms with van der Waals surface area (Å²) >= 11 is 0. The molecule has 1 aromatic rings. The molecule has 4 nitrogen and oxygen atoms in total. The second kappa shape index (κ2) is 6.50. The van der Waals surface area contributed by atoms with Crippen LogP contribution >= 0.6 is 0 Å². The van der Waals surface area contributed by atoms with E-state index < -0.39 is 0 Å². The molecule has 2 N–H and O–H groups in total. The van der Waals surface area contributed by atoms with E-state index in [9.17, 15) is 4.79 Å². The molecule has 1 heterocycles. The average Bonchev–Trinajstić information content (AvgIpc) is 2.27. The van der Waals surface area contributed by atoms with E-state index in [2.05, 4.69) is 22.5 Å². The van der Waals surface area contributed by atoms with Crippen LogP contribution < -0.4 is 10.6 Å². The van der Waals surface area contributed by atoms with Crippen molar-refractivity contribution in [1.82, 2.24) is 15.6 Å². The summed E-state index contributed by atoms with van der Waals surface area (Å²) in [6, 6.07) is 4.19. The van der Waals surface area contributed by atoms with Gasteiger partial charge in [0.25, 0.3) is 0 Å². The van der Waals surface area contributed by atoms with E-state index in [4.69, 9.17) is 0 Å². The average molecular weight is 249 g/mol. The number of hydrogen-bond acceptors (Lipinski definition) is 3. The Labute approximate surface area is 109 Å². The monoisotopic (exact) mass is 249 g/mol. The van der Waals surface area contributed by atoms with E-state index in [1.54, 1.807) is 12.4 Å². The van der Waals surface area contributed by atoms with Gasteiger partial charge in [-0.05, 0) is 45.4 Å². The lowest BCUT2D eigenvalue weighted by atomic mass is 10.1. The van der Waals surface area contributed by atoms with Gasteiger partial charge in [0.15, 0.2) is 0 Å². The van der Waals surface area contributed by atoms with Crippen LogP contribution in [0.25, 0.3) is 0 Å². The molecule has 0 fully saturated rings. The van der Waals surface area contributed by atoms with Crippen LogP contribution in [0.3, 0.4) is 0 Å². The molecular weight excluding hydrogens is 226 g/mol.